The van der Waals surface area contributed by atoms with Crippen LogP contribution in [-0.4, -0.2) is 60.1 Å². The molecule has 1 aliphatic heterocycles. The number of thiol groups is 1. The van der Waals surface area contributed by atoms with Crippen LogP contribution in [0.3, 0.4) is 0 Å². The fraction of sp³-hybridized carbons (Fsp3) is 0.654. The van der Waals surface area contributed by atoms with Gasteiger partial charge in [-0.25, -0.2) is 0 Å². The number of guanidine groups is 1. The van der Waals surface area contributed by atoms with Crippen LogP contribution in [0.2, 0.25) is 0 Å². The molecule has 0 fully saturated rings. The minimum Gasteiger partial charge on any atom is -0.356 e. The predicted octanol–water partition coefficient (Wildman–Crippen LogP) is 3.29. The van der Waals surface area contributed by atoms with Crippen LogP contribution in [-0.2, 0) is 16.0 Å². The maximum atomic E-state index is 13.6. The number of nitrogens with zero attached hydrogens (tertiary/aromatic N) is 2. The minimum atomic E-state index is -0.669. The summed E-state index contributed by atoms with van der Waals surface area (Å²) in [5.41, 5.74) is 7.02. The summed E-state index contributed by atoms with van der Waals surface area (Å²) in [5, 5.41) is 6.33. The van der Waals surface area contributed by atoms with Crippen LogP contribution in [0.4, 0.5) is 0 Å². The van der Waals surface area contributed by atoms with Crippen molar-refractivity contribution in [2.75, 3.05) is 25.4 Å². The van der Waals surface area contributed by atoms with Crippen LogP contribution in [0.1, 0.15) is 70.3 Å². The van der Waals surface area contributed by atoms with Crippen molar-refractivity contribution >= 4 is 30.4 Å². The molecule has 0 spiro atoms. The number of nitrogens with one attached hydrogen (secondary N) is 2. The molecule has 1 aliphatic rings. The topological polar surface area (TPSA) is 99.8 Å². The van der Waals surface area contributed by atoms with Crippen molar-refractivity contribution in [3.63, 3.8) is 0 Å². The van der Waals surface area contributed by atoms with Crippen LogP contribution < -0.4 is 16.4 Å². The third kappa shape index (κ3) is 10.5. The molecule has 7 nitrogen and oxygen atoms in total. The van der Waals surface area contributed by atoms with Crippen LogP contribution in [0, 0.1) is 0 Å². The second kappa shape index (κ2) is 16.5. The highest BCUT2D eigenvalue weighted by molar-refractivity contribution is 7.80. The average molecular weight is 490 g/mol. The van der Waals surface area contributed by atoms with Gasteiger partial charge in [0.15, 0.2) is 0 Å². The minimum absolute atomic E-state index is 0.131. The number of carbonyl (C=O) groups is 2. The van der Waals surface area contributed by atoms with Gasteiger partial charge >= 0.3 is 0 Å². The smallest absolute Gasteiger partial charge is 0.252 e. The quantitative estimate of drug-likeness (QED) is 0.224. The van der Waals surface area contributed by atoms with E-state index in [4.69, 9.17) is 5.73 Å². The molecule has 1 aromatic carbocycles. The Hall–Kier alpha value is -2.06. The van der Waals surface area contributed by atoms with E-state index in [1.807, 2.05) is 30.3 Å². The zero-order chi connectivity index (χ0) is 24.6. The Bertz CT molecular complexity index is 759. The Morgan fingerprint density at radius 1 is 1.15 bits per heavy atom. The molecule has 4 N–H and O–H groups in total. The third-order valence-corrected chi connectivity index (χ3v) is 6.26. The number of unbranched alkanes of at least 4 members (excludes halogenated alkanes) is 5. The van der Waals surface area contributed by atoms with E-state index in [0.29, 0.717) is 37.6 Å². The molecule has 2 amide bonds. The van der Waals surface area contributed by atoms with Crippen molar-refractivity contribution in [3.8, 4) is 0 Å². The van der Waals surface area contributed by atoms with Gasteiger partial charge in [-0.3, -0.25) is 19.5 Å². The fourth-order valence-corrected chi connectivity index (χ4v) is 4.41. The maximum absolute atomic E-state index is 13.6. The lowest BCUT2D eigenvalue weighted by Gasteiger charge is -2.31. The monoisotopic (exact) mass is 489 g/mol. The van der Waals surface area contributed by atoms with Crippen molar-refractivity contribution in [2.24, 2.45) is 10.7 Å². The number of benzene rings is 1. The molecule has 0 bridgehead atoms. The maximum Gasteiger partial charge on any atom is 0.252 e. The van der Waals surface area contributed by atoms with Gasteiger partial charge in [0.1, 0.15) is 6.04 Å². The molecule has 0 aliphatic carbocycles. The van der Waals surface area contributed by atoms with Gasteiger partial charge in [-0.15, -0.1) is 0 Å². The summed E-state index contributed by atoms with van der Waals surface area (Å²) in [5.74, 6) is 0.912. The molecule has 0 unspecified atom stereocenters. The number of amides is 2. The second-order valence-corrected chi connectivity index (χ2v) is 9.48. The molecule has 8 heteroatoms. The molecule has 0 saturated heterocycles. The molecule has 2 rings (SSSR count). The SMILES string of the molecule is CCCCCCCCNC1=NCCCN1C(=O)[C@H](Cc1ccccc1)NC(=O)C[C@H](N)CCS. The number of aliphatic imine (C=N–C) groups is 1. The number of carbonyl (C=O) groups excluding carboxylic acids is 2. The zero-order valence-electron chi connectivity index (χ0n) is 20.7. The van der Waals surface area contributed by atoms with Gasteiger partial charge in [0.2, 0.25) is 11.9 Å². The van der Waals surface area contributed by atoms with Crippen LogP contribution in [0.5, 0.6) is 0 Å². The first-order valence-corrected chi connectivity index (χ1v) is 13.5. The Morgan fingerprint density at radius 3 is 2.62 bits per heavy atom. The van der Waals surface area contributed by atoms with Crippen molar-refractivity contribution in [1.29, 1.82) is 0 Å². The number of nitrogens with two attached hydrogens (primary N) is 1. The lowest BCUT2D eigenvalue weighted by molar-refractivity contribution is -0.133. The molecular weight excluding hydrogens is 446 g/mol. The van der Waals surface area contributed by atoms with Crippen molar-refractivity contribution in [3.05, 3.63) is 35.9 Å². The van der Waals surface area contributed by atoms with Crippen LogP contribution in [0.15, 0.2) is 35.3 Å². The molecule has 1 aromatic rings. The normalized spacial score (nSPS) is 15.4. The Labute approximate surface area is 210 Å². The highest BCUT2D eigenvalue weighted by atomic mass is 32.1. The summed E-state index contributed by atoms with van der Waals surface area (Å²) >= 11 is 4.19. The van der Waals surface area contributed by atoms with E-state index in [2.05, 4.69) is 35.2 Å². The van der Waals surface area contributed by atoms with Crippen molar-refractivity contribution in [2.45, 2.75) is 83.2 Å². The first-order valence-electron chi connectivity index (χ1n) is 12.8. The predicted molar refractivity (Wildman–Crippen MR) is 143 cm³/mol. The summed E-state index contributed by atoms with van der Waals surface area (Å²) in [6.45, 7) is 4.32. The number of rotatable bonds is 15. The van der Waals surface area contributed by atoms with E-state index in [1.165, 1.54) is 32.1 Å². The third-order valence-electron chi connectivity index (χ3n) is 6.00. The lowest BCUT2D eigenvalue weighted by atomic mass is 10.0. The van der Waals surface area contributed by atoms with Gasteiger partial charge in [0.25, 0.3) is 5.91 Å². The highest BCUT2D eigenvalue weighted by Crippen LogP contribution is 2.11. The first-order chi connectivity index (χ1) is 16.5. The Balaban J connectivity index is 2.01. The summed E-state index contributed by atoms with van der Waals surface area (Å²) < 4.78 is 0. The van der Waals surface area contributed by atoms with E-state index in [9.17, 15) is 9.59 Å². The highest BCUT2D eigenvalue weighted by Gasteiger charge is 2.30. The lowest BCUT2D eigenvalue weighted by Crippen LogP contribution is -2.56. The average Bonchev–Trinajstić information content (AvgIpc) is 2.83. The molecule has 0 saturated carbocycles. The summed E-state index contributed by atoms with van der Waals surface area (Å²) in [6, 6.07) is 8.83. The van der Waals surface area contributed by atoms with Gasteiger partial charge in [-0.1, -0.05) is 69.4 Å². The van der Waals surface area contributed by atoms with Gasteiger partial charge in [0.05, 0.1) is 0 Å². The molecule has 190 valence electrons. The van der Waals surface area contributed by atoms with E-state index in [1.54, 1.807) is 4.90 Å². The van der Waals surface area contributed by atoms with Crippen LogP contribution in [0.25, 0.3) is 0 Å². The number of hydrogen-bond acceptors (Lipinski definition) is 6. The fourth-order valence-electron chi connectivity index (χ4n) is 4.07. The summed E-state index contributed by atoms with van der Waals surface area (Å²) in [6.07, 6.45) is 9.35. The van der Waals surface area contributed by atoms with Crippen LogP contribution >= 0.6 is 12.6 Å². The van der Waals surface area contributed by atoms with Gasteiger partial charge in [-0.2, -0.15) is 12.6 Å². The van der Waals surface area contributed by atoms with E-state index >= 15 is 0 Å². The van der Waals surface area contributed by atoms with E-state index in [-0.39, 0.29) is 24.3 Å². The number of hydrogen-bond donors (Lipinski definition) is 4. The molecular formula is C26H43N5O2S. The molecule has 2 atom stereocenters. The Kier molecular flexibility index (Phi) is 13.7. The van der Waals surface area contributed by atoms with E-state index in [0.717, 1.165) is 24.9 Å². The van der Waals surface area contributed by atoms with Gasteiger partial charge < -0.3 is 16.4 Å². The van der Waals surface area contributed by atoms with Crippen molar-refractivity contribution in [1.82, 2.24) is 15.5 Å². The molecule has 0 radical (unpaired) electrons. The Morgan fingerprint density at radius 2 is 1.88 bits per heavy atom. The van der Waals surface area contributed by atoms with Gasteiger partial charge in [0, 0.05) is 38.5 Å². The largest absolute Gasteiger partial charge is 0.356 e. The van der Waals surface area contributed by atoms with Gasteiger partial charge in [-0.05, 0) is 30.6 Å². The molecule has 1 heterocycles. The molecule has 0 aromatic heterocycles. The van der Waals surface area contributed by atoms with E-state index < -0.39 is 6.04 Å². The van der Waals surface area contributed by atoms with Crippen molar-refractivity contribution < 1.29 is 9.59 Å². The summed E-state index contributed by atoms with van der Waals surface area (Å²) in [7, 11) is 0. The standard InChI is InChI=1S/C26H43N5O2S/c1-2-3-4-5-6-10-15-28-26-29-16-11-17-31(26)25(33)23(19-21-12-8-7-9-13-21)30-24(32)20-22(27)14-18-34/h7-9,12-13,22-23,34H,2-6,10-11,14-20,27H2,1H3,(H,28,29)(H,30,32)/t22-,23+/m1/s1. The summed E-state index contributed by atoms with van der Waals surface area (Å²) in [4.78, 5) is 32.6. The first kappa shape index (κ1) is 28.2. The molecule has 34 heavy (non-hydrogen) atoms. The zero-order valence-corrected chi connectivity index (χ0v) is 21.6. The second-order valence-electron chi connectivity index (χ2n) is 9.03.